The van der Waals surface area contributed by atoms with Crippen molar-refractivity contribution in [3.63, 3.8) is 0 Å². The van der Waals surface area contributed by atoms with Gasteiger partial charge >= 0.3 is 5.97 Å². The molecule has 0 atom stereocenters. The molecule has 0 amide bonds. The number of anilines is 1. The smallest absolute Gasteiger partial charge is 0.303 e. The molecular weight excluding hydrogens is 216 g/mol. The van der Waals surface area contributed by atoms with Gasteiger partial charge in [-0.25, -0.2) is 4.98 Å². The molecular formula is C13H16N2O2. The van der Waals surface area contributed by atoms with Crippen LogP contribution in [0.4, 0.5) is 5.82 Å². The second-order valence-corrected chi connectivity index (χ2v) is 3.57. The predicted octanol–water partition coefficient (Wildman–Crippen LogP) is 2.69. The van der Waals surface area contributed by atoms with Crippen molar-refractivity contribution in [1.29, 1.82) is 0 Å². The zero-order valence-corrected chi connectivity index (χ0v) is 9.76. The summed E-state index contributed by atoms with van der Waals surface area (Å²) in [6.45, 7) is 1.84. The highest BCUT2D eigenvalue weighted by Gasteiger charge is 1.91. The van der Waals surface area contributed by atoms with Crippen LogP contribution in [0.3, 0.4) is 0 Å². The Morgan fingerprint density at radius 3 is 2.59 bits per heavy atom. The minimum Gasteiger partial charge on any atom is -0.481 e. The van der Waals surface area contributed by atoms with Crippen LogP contribution in [0, 0.1) is 0 Å². The molecule has 2 aromatic rings. The number of nitrogen functional groups attached to an aromatic ring is 1. The zero-order chi connectivity index (χ0) is 12.7. The van der Waals surface area contributed by atoms with Crippen molar-refractivity contribution in [1.82, 2.24) is 4.98 Å². The average Bonchev–Trinajstić information content (AvgIpc) is 2.29. The van der Waals surface area contributed by atoms with E-state index in [9.17, 15) is 4.79 Å². The molecule has 1 aromatic heterocycles. The molecule has 3 N–H and O–H groups in total. The molecule has 0 aliphatic heterocycles. The summed E-state index contributed by atoms with van der Waals surface area (Å²) >= 11 is 0. The SMILES string of the molecule is CCCC(=O)O.Nc1ccc2ccccc2n1. The number of fused-ring (bicyclic) bond motifs is 1. The van der Waals surface area contributed by atoms with E-state index in [4.69, 9.17) is 10.8 Å². The summed E-state index contributed by atoms with van der Waals surface area (Å²) < 4.78 is 0. The second kappa shape index (κ2) is 6.48. The summed E-state index contributed by atoms with van der Waals surface area (Å²) in [5.74, 6) is -0.138. The van der Waals surface area contributed by atoms with E-state index in [0.717, 1.165) is 17.3 Å². The minimum absolute atomic E-state index is 0.292. The van der Waals surface area contributed by atoms with Crippen molar-refractivity contribution in [2.24, 2.45) is 0 Å². The number of hydrogen-bond acceptors (Lipinski definition) is 3. The molecule has 0 spiro atoms. The van der Waals surface area contributed by atoms with E-state index >= 15 is 0 Å². The van der Waals surface area contributed by atoms with Crippen LogP contribution in [0.1, 0.15) is 19.8 Å². The molecule has 4 nitrogen and oxygen atoms in total. The summed E-state index contributed by atoms with van der Waals surface area (Å²) in [5, 5.41) is 9.04. The fraction of sp³-hybridized carbons (Fsp3) is 0.231. The molecule has 0 bridgehead atoms. The van der Waals surface area contributed by atoms with Crippen molar-refractivity contribution in [2.45, 2.75) is 19.8 Å². The highest BCUT2D eigenvalue weighted by molar-refractivity contribution is 5.79. The van der Waals surface area contributed by atoms with Crippen LogP contribution in [-0.4, -0.2) is 16.1 Å². The first-order valence-corrected chi connectivity index (χ1v) is 5.46. The number of aliphatic carboxylic acids is 1. The lowest BCUT2D eigenvalue weighted by atomic mass is 10.2. The van der Waals surface area contributed by atoms with E-state index in [1.165, 1.54) is 0 Å². The Hall–Kier alpha value is -2.10. The monoisotopic (exact) mass is 232 g/mol. The van der Waals surface area contributed by atoms with Gasteiger partial charge in [0.2, 0.25) is 0 Å². The largest absolute Gasteiger partial charge is 0.481 e. The third-order valence-electron chi connectivity index (χ3n) is 2.08. The maximum absolute atomic E-state index is 9.60. The van der Waals surface area contributed by atoms with Crippen molar-refractivity contribution < 1.29 is 9.90 Å². The topological polar surface area (TPSA) is 76.2 Å². The molecule has 2 rings (SSSR count). The minimum atomic E-state index is -0.711. The number of aromatic nitrogens is 1. The van der Waals surface area contributed by atoms with Crippen molar-refractivity contribution in [3.8, 4) is 0 Å². The molecule has 4 heteroatoms. The van der Waals surface area contributed by atoms with E-state index in [1.807, 2.05) is 43.3 Å². The number of benzene rings is 1. The number of rotatable bonds is 2. The normalized spacial score (nSPS) is 9.47. The van der Waals surface area contributed by atoms with Crippen LogP contribution in [-0.2, 0) is 4.79 Å². The molecule has 0 unspecified atom stereocenters. The van der Waals surface area contributed by atoms with Crippen LogP contribution < -0.4 is 5.73 Å². The van der Waals surface area contributed by atoms with Gasteiger partial charge in [-0.15, -0.1) is 0 Å². The lowest BCUT2D eigenvalue weighted by Gasteiger charge is -1.95. The average molecular weight is 232 g/mol. The third-order valence-corrected chi connectivity index (χ3v) is 2.08. The molecule has 90 valence electrons. The van der Waals surface area contributed by atoms with Crippen LogP contribution in [0.5, 0.6) is 0 Å². The Kier molecular flexibility index (Phi) is 4.94. The maximum Gasteiger partial charge on any atom is 0.303 e. The van der Waals surface area contributed by atoms with Crippen molar-refractivity contribution >= 4 is 22.7 Å². The Morgan fingerprint density at radius 2 is 2.00 bits per heavy atom. The van der Waals surface area contributed by atoms with Crippen molar-refractivity contribution in [3.05, 3.63) is 36.4 Å². The zero-order valence-electron chi connectivity index (χ0n) is 9.76. The number of para-hydroxylation sites is 1. The molecule has 0 saturated carbocycles. The van der Waals surface area contributed by atoms with Gasteiger partial charge in [0.15, 0.2) is 0 Å². The van der Waals surface area contributed by atoms with Gasteiger partial charge in [-0.2, -0.15) is 0 Å². The van der Waals surface area contributed by atoms with Gasteiger partial charge in [0, 0.05) is 11.8 Å². The Morgan fingerprint density at radius 1 is 1.29 bits per heavy atom. The number of carboxylic acids is 1. The number of carbonyl (C=O) groups is 1. The molecule has 17 heavy (non-hydrogen) atoms. The van der Waals surface area contributed by atoms with Crippen LogP contribution in [0.25, 0.3) is 10.9 Å². The lowest BCUT2D eigenvalue weighted by molar-refractivity contribution is -0.137. The fourth-order valence-electron chi connectivity index (χ4n) is 1.30. The summed E-state index contributed by atoms with van der Waals surface area (Å²) in [6, 6.07) is 11.7. The molecule has 0 aliphatic rings. The maximum atomic E-state index is 9.60. The molecule has 1 heterocycles. The number of pyridine rings is 1. The van der Waals surface area contributed by atoms with E-state index in [1.54, 1.807) is 0 Å². The molecule has 0 radical (unpaired) electrons. The Labute approximate surface area is 100 Å². The predicted molar refractivity (Wildman–Crippen MR) is 68.7 cm³/mol. The Bertz CT molecular complexity index is 497. The van der Waals surface area contributed by atoms with Crippen LogP contribution >= 0.6 is 0 Å². The summed E-state index contributed by atoms with van der Waals surface area (Å²) in [6.07, 6.45) is 1.02. The van der Waals surface area contributed by atoms with E-state index in [0.29, 0.717) is 12.2 Å². The summed E-state index contributed by atoms with van der Waals surface area (Å²) in [7, 11) is 0. The lowest BCUT2D eigenvalue weighted by Crippen LogP contribution is -1.90. The number of nitrogens with zero attached hydrogens (tertiary/aromatic N) is 1. The summed E-state index contributed by atoms with van der Waals surface area (Å²) in [4.78, 5) is 13.8. The van der Waals surface area contributed by atoms with Gasteiger partial charge in [0.05, 0.1) is 5.52 Å². The standard InChI is InChI=1S/C9H8N2.C4H8O2/c10-9-6-5-7-3-1-2-4-8(7)11-9;1-2-3-4(5)6/h1-6H,(H2,10,11);2-3H2,1H3,(H,5,6). The van der Waals surface area contributed by atoms with Gasteiger partial charge in [-0.05, 0) is 24.6 Å². The molecule has 0 aliphatic carbocycles. The highest BCUT2D eigenvalue weighted by Crippen LogP contribution is 2.11. The van der Waals surface area contributed by atoms with Gasteiger partial charge in [-0.1, -0.05) is 25.1 Å². The number of hydrogen-bond donors (Lipinski definition) is 2. The van der Waals surface area contributed by atoms with Gasteiger partial charge in [0.25, 0.3) is 0 Å². The van der Waals surface area contributed by atoms with Crippen LogP contribution in [0.2, 0.25) is 0 Å². The number of nitrogens with two attached hydrogens (primary N) is 1. The first kappa shape index (κ1) is 13.0. The third kappa shape index (κ3) is 4.51. The highest BCUT2D eigenvalue weighted by atomic mass is 16.4. The van der Waals surface area contributed by atoms with E-state index < -0.39 is 5.97 Å². The van der Waals surface area contributed by atoms with E-state index in [-0.39, 0.29) is 0 Å². The molecule has 1 aromatic carbocycles. The van der Waals surface area contributed by atoms with Crippen LogP contribution in [0.15, 0.2) is 36.4 Å². The van der Waals surface area contributed by atoms with Crippen molar-refractivity contribution in [2.75, 3.05) is 5.73 Å². The second-order valence-electron chi connectivity index (χ2n) is 3.57. The van der Waals surface area contributed by atoms with Gasteiger partial charge in [-0.3, -0.25) is 4.79 Å². The van der Waals surface area contributed by atoms with Gasteiger partial charge < -0.3 is 10.8 Å². The molecule has 0 fully saturated rings. The van der Waals surface area contributed by atoms with E-state index in [2.05, 4.69) is 4.98 Å². The summed E-state index contributed by atoms with van der Waals surface area (Å²) in [5.41, 5.74) is 6.46. The number of carboxylic acid groups (broad SMARTS) is 1. The van der Waals surface area contributed by atoms with Gasteiger partial charge in [0.1, 0.15) is 5.82 Å². The fourth-order valence-corrected chi connectivity index (χ4v) is 1.30. The quantitative estimate of drug-likeness (QED) is 0.834. The first-order valence-electron chi connectivity index (χ1n) is 5.46. The first-order chi connectivity index (χ1) is 8.13. The Balaban J connectivity index is 0.000000209. The molecule has 0 saturated heterocycles.